The molecule has 0 amide bonds. The summed E-state index contributed by atoms with van der Waals surface area (Å²) in [6, 6.07) is 9.22. The van der Waals surface area contributed by atoms with Crippen LogP contribution in [-0.2, 0) is 4.84 Å². The first-order valence-corrected chi connectivity index (χ1v) is 8.59. The zero-order chi connectivity index (χ0) is 19.6. The molecule has 0 saturated heterocycles. The molecule has 0 unspecified atom stereocenters. The number of aromatic nitrogens is 1. The van der Waals surface area contributed by atoms with E-state index < -0.39 is 10.5 Å². The van der Waals surface area contributed by atoms with Gasteiger partial charge in [-0.1, -0.05) is 6.07 Å². The second kappa shape index (κ2) is 7.34. The number of fused-ring (bicyclic) bond motifs is 1. The molecule has 2 aromatic rings. The van der Waals surface area contributed by atoms with Gasteiger partial charge in [-0.2, -0.15) is 5.48 Å². The lowest BCUT2D eigenvalue weighted by Crippen LogP contribution is -2.41. The maximum atomic E-state index is 12.5. The highest BCUT2D eigenvalue weighted by Crippen LogP contribution is 2.42. The second-order valence-corrected chi connectivity index (χ2v) is 6.54. The summed E-state index contributed by atoms with van der Waals surface area (Å²) in [5.74, 6) is 0.483. The smallest absolute Gasteiger partial charge is 0.270 e. The molecule has 8 nitrogen and oxygen atoms in total. The number of nitrogens with zero attached hydrogens (tertiary/aromatic N) is 2. The van der Waals surface area contributed by atoms with Crippen LogP contribution in [0.2, 0.25) is 0 Å². The van der Waals surface area contributed by atoms with Crippen LogP contribution in [0.25, 0.3) is 5.70 Å². The zero-order valence-corrected chi connectivity index (χ0v) is 15.4. The lowest BCUT2D eigenvalue weighted by Gasteiger charge is -2.37. The van der Waals surface area contributed by atoms with E-state index in [2.05, 4.69) is 5.48 Å². The van der Waals surface area contributed by atoms with E-state index in [4.69, 9.17) is 9.57 Å². The summed E-state index contributed by atoms with van der Waals surface area (Å²) in [4.78, 5) is 28.6. The highest BCUT2D eigenvalue weighted by Gasteiger charge is 2.36. The molecule has 27 heavy (non-hydrogen) atoms. The van der Waals surface area contributed by atoms with Gasteiger partial charge in [0.15, 0.2) is 0 Å². The van der Waals surface area contributed by atoms with Crippen molar-refractivity contribution in [3.8, 4) is 5.75 Å². The number of hydrogen-bond donors (Lipinski definition) is 1. The second-order valence-electron chi connectivity index (χ2n) is 6.54. The topological polar surface area (TPSA) is 95.6 Å². The van der Waals surface area contributed by atoms with E-state index in [0.29, 0.717) is 30.2 Å². The predicted molar refractivity (Wildman–Crippen MR) is 100 cm³/mol. The maximum Gasteiger partial charge on any atom is 0.270 e. The Bertz CT molecular complexity index is 962. The average molecular weight is 371 g/mol. The molecule has 0 fully saturated rings. The molecule has 0 spiro atoms. The van der Waals surface area contributed by atoms with Crippen LogP contribution in [0.15, 0.2) is 53.0 Å². The highest BCUT2D eigenvalue weighted by molar-refractivity contribution is 5.78. The predicted octanol–water partition coefficient (Wildman–Crippen LogP) is 2.73. The van der Waals surface area contributed by atoms with Crippen molar-refractivity contribution in [1.82, 2.24) is 10.0 Å². The van der Waals surface area contributed by atoms with E-state index >= 15 is 0 Å². The number of nitro benzene ring substituents is 1. The molecule has 1 aliphatic rings. The minimum absolute atomic E-state index is 0.0735. The van der Waals surface area contributed by atoms with Crippen molar-refractivity contribution in [3.05, 3.63) is 74.2 Å². The van der Waals surface area contributed by atoms with Gasteiger partial charge < -0.3 is 9.57 Å². The summed E-state index contributed by atoms with van der Waals surface area (Å²) in [5, 5.41) is 11.3. The van der Waals surface area contributed by atoms with Crippen LogP contribution < -0.4 is 15.8 Å². The van der Waals surface area contributed by atoms with Crippen LogP contribution >= 0.6 is 0 Å². The largest absolute Gasteiger partial charge is 0.483 e. The standard InChI is InChI=1S/C19H21N3O5/c1-4-26-20-12-15-18(21-10-6-5-7-17(21)23)14-11-13(22(24)25)8-9-16(14)27-19(15,2)3/h5-11,20H,4,12H2,1-3H3. The Kier molecular flexibility index (Phi) is 5.11. The fourth-order valence-corrected chi connectivity index (χ4v) is 3.10. The molecular weight excluding hydrogens is 350 g/mol. The molecule has 0 aliphatic carbocycles. The first kappa shape index (κ1) is 18.8. The summed E-state index contributed by atoms with van der Waals surface area (Å²) >= 11 is 0. The summed E-state index contributed by atoms with van der Waals surface area (Å²) in [6.07, 6.45) is 1.64. The van der Waals surface area contributed by atoms with Gasteiger partial charge in [0, 0.05) is 42.1 Å². The Morgan fingerprint density at radius 2 is 2.07 bits per heavy atom. The van der Waals surface area contributed by atoms with Crippen molar-refractivity contribution in [2.75, 3.05) is 13.2 Å². The van der Waals surface area contributed by atoms with Crippen LogP contribution in [-0.4, -0.2) is 28.2 Å². The third-order valence-electron chi connectivity index (χ3n) is 4.37. The van der Waals surface area contributed by atoms with E-state index in [9.17, 15) is 14.9 Å². The Hall–Kier alpha value is -2.97. The van der Waals surface area contributed by atoms with Crippen molar-refractivity contribution >= 4 is 11.4 Å². The maximum absolute atomic E-state index is 12.5. The fourth-order valence-electron chi connectivity index (χ4n) is 3.10. The van der Waals surface area contributed by atoms with Crippen molar-refractivity contribution in [2.24, 2.45) is 0 Å². The molecule has 0 bridgehead atoms. The number of hydrogen-bond acceptors (Lipinski definition) is 6. The van der Waals surface area contributed by atoms with E-state index in [0.717, 1.165) is 5.57 Å². The van der Waals surface area contributed by atoms with Crippen molar-refractivity contribution in [1.29, 1.82) is 0 Å². The fraction of sp³-hybridized carbons (Fsp3) is 0.316. The SMILES string of the molecule is CCONCC1=C(n2ccccc2=O)c2cc([N+](=O)[O-])ccc2OC1(C)C. The third kappa shape index (κ3) is 3.62. The highest BCUT2D eigenvalue weighted by atomic mass is 16.6. The number of ether oxygens (including phenoxy) is 1. The molecule has 0 saturated carbocycles. The monoisotopic (exact) mass is 371 g/mol. The molecule has 0 radical (unpaired) electrons. The minimum atomic E-state index is -0.752. The molecule has 3 rings (SSSR count). The number of non-ortho nitro benzene ring substituents is 1. The van der Waals surface area contributed by atoms with Crippen LogP contribution in [0.1, 0.15) is 26.3 Å². The molecule has 0 atom stereocenters. The quantitative estimate of drug-likeness (QED) is 0.477. The lowest BCUT2D eigenvalue weighted by atomic mass is 9.89. The number of nitrogens with one attached hydrogen (secondary N) is 1. The molecule has 142 valence electrons. The molecule has 1 aromatic heterocycles. The van der Waals surface area contributed by atoms with Crippen molar-refractivity contribution < 1.29 is 14.5 Å². The number of benzene rings is 1. The van der Waals surface area contributed by atoms with Gasteiger partial charge in [0.1, 0.15) is 11.4 Å². The van der Waals surface area contributed by atoms with E-state index in [-0.39, 0.29) is 11.2 Å². The summed E-state index contributed by atoms with van der Waals surface area (Å²) in [7, 11) is 0. The van der Waals surface area contributed by atoms with E-state index in [1.165, 1.54) is 22.8 Å². The Balaban J connectivity index is 2.29. The van der Waals surface area contributed by atoms with Crippen LogP contribution in [0, 0.1) is 10.1 Å². The van der Waals surface area contributed by atoms with Gasteiger partial charge in [-0.15, -0.1) is 0 Å². The van der Waals surface area contributed by atoms with Crippen molar-refractivity contribution in [3.63, 3.8) is 0 Å². The molecule has 1 aromatic carbocycles. The van der Waals surface area contributed by atoms with Gasteiger partial charge in [-0.05, 0) is 32.9 Å². The first-order chi connectivity index (χ1) is 12.8. The van der Waals surface area contributed by atoms with Crippen LogP contribution in [0.3, 0.4) is 0 Å². The summed E-state index contributed by atoms with van der Waals surface area (Å²) in [6.45, 7) is 6.38. The molecule has 1 N–H and O–H groups in total. The van der Waals surface area contributed by atoms with Crippen LogP contribution in [0.4, 0.5) is 5.69 Å². The van der Waals surface area contributed by atoms with Gasteiger partial charge in [0.05, 0.1) is 17.2 Å². The van der Waals surface area contributed by atoms with Gasteiger partial charge in [0.2, 0.25) is 0 Å². The number of hydroxylamine groups is 1. The molecular formula is C19H21N3O5. The number of nitro groups is 1. The van der Waals surface area contributed by atoms with Gasteiger partial charge in [-0.25, -0.2) is 0 Å². The van der Waals surface area contributed by atoms with Gasteiger partial charge in [0.25, 0.3) is 11.2 Å². The van der Waals surface area contributed by atoms with Gasteiger partial charge in [-0.3, -0.25) is 19.5 Å². The molecule has 1 aliphatic heterocycles. The Morgan fingerprint density at radius 1 is 1.30 bits per heavy atom. The van der Waals surface area contributed by atoms with Gasteiger partial charge >= 0.3 is 0 Å². The summed E-state index contributed by atoms with van der Waals surface area (Å²) < 4.78 is 7.58. The van der Waals surface area contributed by atoms with E-state index in [1.807, 2.05) is 20.8 Å². The third-order valence-corrected chi connectivity index (χ3v) is 4.37. The Labute approximate surface area is 156 Å². The number of pyridine rings is 1. The summed E-state index contributed by atoms with van der Waals surface area (Å²) in [5.41, 5.74) is 3.59. The average Bonchev–Trinajstić information content (AvgIpc) is 2.62. The lowest BCUT2D eigenvalue weighted by molar-refractivity contribution is -0.384. The van der Waals surface area contributed by atoms with E-state index in [1.54, 1.807) is 24.4 Å². The molecule has 2 heterocycles. The van der Waals surface area contributed by atoms with Crippen molar-refractivity contribution in [2.45, 2.75) is 26.4 Å². The number of rotatable bonds is 6. The van der Waals surface area contributed by atoms with Crippen LogP contribution in [0.5, 0.6) is 5.75 Å². The minimum Gasteiger partial charge on any atom is -0.483 e. The molecule has 8 heteroatoms. The zero-order valence-electron chi connectivity index (χ0n) is 15.4. The normalized spacial score (nSPS) is 15.2. The Morgan fingerprint density at radius 3 is 2.74 bits per heavy atom. The first-order valence-electron chi connectivity index (χ1n) is 8.59.